The first kappa shape index (κ1) is 26.2. The lowest BCUT2D eigenvalue weighted by molar-refractivity contribution is 0.0985. The van der Waals surface area contributed by atoms with Crippen LogP contribution in [0.15, 0.2) is 112 Å². The van der Waals surface area contributed by atoms with E-state index < -0.39 is 10.0 Å². The number of aromatic nitrogens is 1. The topological polar surface area (TPSA) is 70.6 Å². The summed E-state index contributed by atoms with van der Waals surface area (Å²) in [6.45, 7) is 0.586. The molecule has 192 valence electrons. The monoisotopic (exact) mass is 605 g/mol. The quantitative estimate of drug-likeness (QED) is 0.197. The Labute approximate surface area is 234 Å². The Bertz CT molecular complexity index is 1670. The normalized spacial score (nSPS) is 11.7. The molecule has 9 heteroatoms. The fourth-order valence-corrected chi connectivity index (χ4v) is 6.70. The maximum absolute atomic E-state index is 13.8. The van der Waals surface area contributed by atoms with Crippen LogP contribution in [0, 0.1) is 0 Å². The van der Waals surface area contributed by atoms with Crippen LogP contribution < -0.4 is 4.90 Å². The number of benzene rings is 4. The molecule has 1 aromatic heterocycles. The Morgan fingerprint density at radius 1 is 0.842 bits per heavy atom. The van der Waals surface area contributed by atoms with Crippen LogP contribution in [-0.2, 0) is 23.1 Å². The van der Waals surface area contributed by atoms with Crippen molar-refractivity contribution in [2.24, 2.45) is 0 Å². The summed E-state index contributed by atoms with van der Waals surface area (Å²) < 4.78 is 29.5. The molecular formula is C29H24BrN3O3S2. The lowest BCUT2D eigenvalue weighted by atomic mass is 10.1. The molecule has 0 aliphatic rings. The molecule has 38 heavy (non-hydrogen) atoms. The highest BCUT2D eigenvalue weighted by Crippen LogP contribution is 2.32. The first-order valence-corrected chi connectivity index (χ1v) is 14.9. The van der Waals surface area contributed by atoms with E-state index in [-0.39, 0.29) is 17.3 Å². The van der Waals surface area contributed by atoms with Crippen molar-refractivity contribution in [3.63, 3.8) is 0 Å². The predicted molar refractivity (Wildman–Crippen MR) is 156 cm³/mol. The van der Waals surface area contributed by atoms with Gasteiger partial charge in [0, 0.05) is 23.6 Å². The van der Waals surface area contributed by atoms with Gasteiger partial charge in [0.1, 0.15) is 0 Å². The van der Waals surface area contributed by atoms with Crippen molar-refractivity contribution in [1.29, 1.82) is 0 Å². The van der Waals surface area contributed by atoms with Gasteiger partial charge in [-0.15, -0.1) is 0 Å². The largest absolute Gasteiger partial charge is 0.279 e. The van der Waals surface area contributed by atoms with Gasteiger partial charge < -0.3 is 0 Å². The lowest BCUT2D eigenvalue weighted by Gasteiger charge is -2.21. The minimum absolute atomic E-state index is 0.131. The van der Waals surface area contributed by atoms with Crippen molar-refractivity contribution in [1.82, 2.24) is 9.29 Å². The summed E-state index contributed by atoms with van der Waals surface area (Å²) >= 11 is 4.93. The Kier molecular flexibility index (Phi) is 7.71. The number of thiazole rings is 1. The Balaban J connectivity index is 1.43. The maximum Gasteiger partial charge on any atom is 0.260 e. The van der Waals surface area contributed by atoms with Gasteiger partial charge in [0.15, 0.2) is 5.13 Å². The summed E-state index contributed by atoms with van der Waals surface area (Å²) in [4.78, 5) is 20.2. The van der Waals surface area contributed by atoms with Crippen LogP contribution in [0.2, 0.25) is 0 Å². The van der Waals surface area contributed by atoms with Crippen LogP contribution >= 0.6 is 27.3 Å². The third-order valence-electron chi connectivity index (χ3n) is 6.06. The van der Waals surface area contributed by atoms with Gasteiger partial charge in [-0.05, 0) is 53.6 Å². The van der Waals surface area contributed by atoms with Crippen LogP contribution in [0.5, 0.6) is 0 Å². The highest BCUT2D eigenvalue weighted by atomic mass is 79.9. The predicted octanol–water partition coefficient (Wildman–Crippen LogP) is 6.73. The highest BCUT2D eigenvalue weighted by molar-refractivity contribution is 9.10. The van der Waals surface area contributed by atoms with Crippen LogP contribution in [0.3, 0.4) is 0 Å². The maximum atomic E-state index is 13.8. The summed E-state index contributed by atoms with van der Waals surface area (Å²) in [7, 11) is -2.18. The van der Waals surface area contributed by atoms with E-state index in [1.807, 2.05) is 78.9 Å². The summed E-state index contributed by atoms with van der Waals surface area (Å²) in [6.07, 6.45) is 0. The highest BCUT2D eigenvalue weighted by Gasteiger charge is 2.24. The molecule has 0 saturated carbocycles. The second kappa shape index (κ2) is 11.2. The van der Waals surface area contributed by atoms with Crippen molar-refractivity contribution in [3.8, 4) is 0 Å². The van der Waals surface area contributed by atoms with Gasteiger partial charge in [-0.25, -0.2) is 13.4 Å². The fraction of sp³-hybridized carbons (Fsp3) is 0.103. The molecule has 0 fully saturated rings. The Morgan fingerprint density at radius 2 is 1.45 bits per heavy atom. The van der Waals surface area contributed by atoms with E-state index in [2.05, 4.69) is 15.9 Å². The smallest absolute Gasteiger partial charge is 0.260 e. The molecule has 0 aliphatic heterocycles. The van der Waals surface area contributed by atoms with E-state index in [1.165, 1.54) is 27.8 Å². The van der Waals surface area contributed by atoms with Crippen molar-refractivity contribution < 1.29 is 13.2 Å². The van der Waals surface area contributed by atoms with Gasteiger partial charge in [0.2, 0.25) is 10.0 Å². The zero-order valence-corrected chi connectivity index (χ0v) is 23.7. The van der Waals surface area contributed by atoms with Crippen molar-refractivity contribution in [2.45, 2.75) is 18.0 Å². The average molecular weight is 607 g/mol. The van der Waals surface area contributed by atoms with E-state index in [9.17, 15) is 13.2 Å². The van der Waals surface area contributed by atoms with Gasteiger partial charge in [0.05, 0.1) is 21.7 Å². The number of amides is 1. The van der Waals surface area contributed by atoms with Crippen molar-refractivity contribution in [2.75, 3.05) is 11.9 Å². The van der Waals surface area contributed by atoms with Crippen LogP contribution in [0.4, 0.5) is 5.13 Å². The summed E-state index contributed by atoms with van der Waals surface area (Å²) in [6, 6.07) is 31.0. The molecule has 0 saturated heterocycles. The number of hydrogen-bond acceptors (Lipinski definition) is 5. The van der Waals surface area contributed by atoms with E-state index in [4.69, 9.17) is 4.98 Å². The molecule has 5 aromatic rings. The van der Waals surface area contributed by atoms with Crippen LogP contribution in [-0.4, -0.2) is 30.7 Å². The number of carbonyl (C=O) groups is 1. The standard InChI is InChI=1S/C29H24BrN3O3S2/c1-32(19-21-8-4-2-5-9-21)38(35,36)25-15-12-23(13-16-25)28(34)33(20-22-10-6-3-7-11-22)29-31-26-17-14-24(30)18-27(26)37-29/h2-18H,19-20H2,1H3. The molecule has 0 radical (unpaired) electrons. The molecule has 0 unspecified atom stereocenters. The zero-order chi connectivity index (χ0) is 26.7. The number of carbonyl (C=O) groups excluding carboxylic acids is 1. The van der Waals surface area contributed by atoms with Crippen LogP contribution in [0.25, 0.3) is 10.2 Å². The van der Waals surface area contributed by atoms with Gasteiger partial charge in [-0.1, -0.05) is 87.9 Å². The van der Waals surface area contributed by atoms with Crippen molar-refractivity contribution >= 4 is 58.5 Å². The second-order valence-corrected chi connectivity index (χ2v) is 12.7. The van der Waals surface area contributed by atoms with Crippen LogP contribution in [0.1, 0.15) is 21.5 Å². The molecular weight excluding hydrogens is 582 g/mol. The minimum Gasteiger partial charge on any atom is -0.279 e. The van der Waals surface area contributed by atoms with E-state index in [0.717, 1.165) is 25.8 Å². The molecule has 5 rings (SSSR count). The number of sulfonamides is 1. The molecule has 1 amide bonds. The number of fused-ring (bicyclic) bond motifs is 1. The van der Waals surface area contributed by atoms with E-state index >= 15 is 0 Å². The van der Waals surface area contributed by atoms with Gasteiger partial charge in [-0.3, -0.25) is 9.69 Å². The van der Waals surface area contributed by atoms with Crippen molar-refractivity contribution in [3.05, 3.63) is 124 Å². The van der Waals surface area contributed by atoms with Gasteiger partial charge in [0.25, 0.3) is 5.91 Å². The third kappa shape index (κ3) is 5.71. The summed E-state index contributed by atoms with van der Waals surface area (Å²) in [5.41, 5.74) is 3.04. The third-order valence-corrected chi connectivity index (χ3v) is 9.41. The second-order valence-electron chi connectivity index (χ2n) is 8.76. The van der Waals surface area contributed by atoms with Gasteiger partial charge in [-0.2, -0.15) is 4.31 Å². The molecule has 1 heterocycles. The number of nitrogens with zero attached hydrogens (tertiary/aromatic N) is 3. The average Bonchev–Trinajstić information content (AvgIpc) is 3.35. The summed E-state index contributed by atoms with van der Waals surface area (Å²) in [5.74, 6) is -0.256. The first-order valence-electron chi connectivity index (χ1n) is 11.8. The molecule has 0 spiro atoms. The lowest BCUT2D eigenvalue weighted by Crippen LogP contribution is -2.30. The SMILES string of the molecule is CN(Cc1ccccc1)S(=O)(=O)c1ccc(C(=O)N(Cc2ccccc2)c2nc3ccc(Br)cc3s2)cc1. The van der Waals surface area contributed by atoms with Gasteiger partial charge >= 0.3 is 0 Å². The Hall–Kier alpha value is -3.37. The number of anilines is 1. The summed E-state index contributed by atoms with van der Waals surface area (Å²) in [5, 5.41) is 0.575. The molecule has 0 N–H and O–H groups in total. The van der Waals surface area contributed by atoms with E-state index in [1.54, 1.807) is 24.1 Å². The molecule has 0 bridgehead atoms. The number of hydrogen-bond donors (Lipinski definition) is 0. The molecule has 6 nitrogen and oxygen atoms in total. The molecule has 0 atom stereocenters. The zero-order valence-electron chi connectivity index (χ0n) is 20.5. The molecule has 0 aliphatic carbocycles. The number of halogens is 1. The molecule has 4 aromatic carbocycles. The number of rotatable bonds is 8. The first-order chi connectivity index (χ1) is 18.3. The Morgan fingerprint density at radius 3 is 2.08 bits per heavy atom. The van der Waals surface area contributed by atoms with E-state index in [0.29, 0.717) is 17.2 Å². The minimum atomic E-state index is -3.73. The fourth-order valence-electron chi connectivity index (χ4n) is 4.02.